The highest BCUT2D eigenvalue weighted by Gasteiger charge is 2.45. The van der Waals surface area contributed by atoms with Crippen LogP contribution >= 0.6 is 0 Å². The SMILES string of the molecule is COCC1OC(Oc2cccc(OC)c2C(=O)CCc2ccc3occc3c2)C(O)C(O)C1O. The second-order valence-electron chi connectivity index (χ2n) is 8.14. The van der Waals surface area contributed by atoms with E-state index in [0.717, 1.165) is 16.5 Å². The number of rotatable bonds is 9. The molecule has 1 aromatic heterocycles. The van der Waals surface area contributed by atoms with Gasteiger partial charge in [-0.1, -0.05) is 12.1 Å². The Balaban J connectivity index is 1.54. The third kappa shape index (κ3) is 4.94. The summed E-state index contributed by atoms with van der Waals surface area (Å²) in [6.07, 6.45) is -4.37. The van der Waals surface area contributed by atoms with Gasteiger partial charge in [0.2, 0.25) is 6.29 Å². The Hall–Kier alpha value is -2.95. The maximum Gasteiger partial charge on any atom is 0.229 e. The van der Waals surface area contributed by atoms with E-state index in [4.69, 9.17) is 23.4 Å². The molecular weight excluding hydrogens is 444 g/mol. The summed E-state index contributed by atoms with van der Waals surface area (Å²) in [5.41, 5.74) is 1.96. The van der Waals surface area contributed by atoms with Crippen LogP contribution in [0.5, 0.6) is 11.5 Å². The van der Waals surface area contributed by atoms with Crippen LogP contribution in [0.1, 0.15) is 22.3 Å². The number of ether oxygens (including phenoxy) is 4. The van der Waals surface area contributed by atoms with Crippen molar-refractivity contribution in [3.8, 4) is 11.5 Å². The number of fused-ring (bicyclic) bond motifs is 1. The van der Waals surface area contributed by atoms with Crippen LogP contribution in [0.25, 0.3) is 11.0 Å². The van der Waals surface area contributed by atoms with Gasteiger partial charge in [-0.15, -0.1) is 0 Å². The summed E-state index contributed by atoms with van der Waals surface area (Å²) in [7, 11) is 2.87. The molecule has 4 rings (SSSR count). The molecular formula is C25H28O9. The predicted octanol–water partition coefficient (Wildman–Crippen LogP) is 2.09. The molecule has 0 spiro atoms. The van der Waals surface area contributed by atoms with E-state index in [9.17, 15) is 20.1 Å². The first kappa shape index (κ1) is 24.2. The van der Waals surface area contributed by atoms with Gasteiger partial charge in [0.25, 0.3) is 0 Å². The lowest BCUT2D eigenvalue weighted by atomic mass is 9.98. The van der Waals surface area contributed by atoms with Gasteiger partial charge in [0, 0.05) is 18.9 Å². The van der Waals surface area contributed by atoms with Gasteiger partial charge in [-0.3, -0.25) is 4.79 Å². The van der Waals surface area contributed by atoms with Crippen LogP contribution in [-0.2, 0) is 15.9 Å². The zero-order valence-corrected chi connectivity index (χ0v) is 18.9. The van der Waals surface area contributed by atoms with Gasteiger partial charge < -0.3 is 38.7 Å². The van der Waals surface area contributed by atoms with E-state index in [2.05, 4.69) is 0 Å². The molecule has 0 bridgehead atoms. The third-order valence-electron chi connectivity index (χ3n) is 5.89. The fraction of sp³-hybridized carbons (Fsp3) is 0.400. The first-order valence-corrected chi connectivity index (χ1v) is 10.9. The molecule has 5 unspecified atom stereocenters. The Morgan fingerprint density at radius 3 is 2.56 bits per heavy atom. The normalized spacial score (nSPS) is 24.8. The van der Waals surface area contributed by atoms with E-state index < -0.39 is 30.7 Å². The Kier molecular flexibility index (Phi) is 7.50. The summed E-state index contributed by atoms with van der Waals surface area (Å²) in [6.45, 7) is -0.0181. The molecule has 3 aromatic rings. The quantitative estimate of drug-likeness (QED) is 0.401. The molecule has 182 valence electrons. The number of aryl methyl sites for hydroxylation is 1. The topological polar surface area (TPSA) is 128 Å². The maximum atomic E-state index is 13.2. The highest BCUT2D eigenvalue weighted by atomic mass is 16.7. The molecule has 1 aliphatic heterocycles. The number of aliphatic hydroxyl groups excluding tert-OH is 3. The number of hydrogen-bond donors (Lipinski definition) is 3. The van der Waals surface area contributed by atoms with Crippen molar-refractivity contribution >= 4 is 16.8 Å². The van der Waals surface area contributed by atoms with Crippen LogP contribution in [0, 0.1) is 0 Å². The van der Waals surface area contributed by atoms with E-state index in [1.54, 1.807) is 24.5 Å². The largest absolute Gasteiger partial charge is 0.496 e. The van der Waals surface area contributed by atoms with Crippen LogP contribution < -0.4 is 9.47 Å². The zero-order chi connectivity index (χ0) is 24.2. The van der Waals surface area contributed by atoms with Crippen molar-refractivity contribution in [2.45, 2.75) is 43.5 Å². The van der Waals surface area contributed by atoms with E-state index >= 15 is 0 Å². The van der Waals surface area contributed by atoms with Gasteiger partial charge in [0.15, 0.2) is 5.78 Å². The number of carbonyl (C=O) groups excluding carboxylic acids is 1. The summed E-state index contributed by atoms with van der Waals surface area (Å²) in [4.78, 5) is 13.2. The van der Waals surface area contributed by atoms with Crippen molar-refractivity contribution in [3.63, 3.8) is 0 Å². The van der Waals surface area contributed by atoms with E-state index in [-0.39, 0.29) is 30.1 Å². The third-order valence-corrected chi connectivity index (χ3v) is 5.89. The van der Waals surface area contributed by atoms with Crippen molar-refractivity contribution in [1.29, 1.82) is 0 Å². The Bertz CT molecular complexity index is 1120. The molecule has 9 heteroatoms. The minimum atomic E-state index is -1.54. The lowest BCUT2D eigenvalue weighted by molar-refractivity contribution is -0.278. The molecule has 0 amide bonds. The molecule has 1 saturated heterocycles. The molecule has 34 heavy (non-hydrogen) atoms. The minimum absolute atomic E-state index is 0.0181. The molecule has 0 radical (unpaired) electrons. The second kappa shape index (κ2) is 10.5. The maximum absolute atomic E-state index is 13.2. The van der Waals surface area contributed by atoms with E-state index in [0.29, 0.717) is 12.2 Å². The molecule has 9 nitrogen and oxygen atoms in total. The summed E-state index contributed by atoms with van der Waals surface area (Å²) in [5.74, 6) is 0.226. The molecule has 0 aliphatic carbocycles. The summed E-state index contributed by atoms with van der Waals surface area (Å²) < 4.78 is 27.2. The molecule has 2 heterocycles. The van der Waals surface area contributed by atoms with Gasteiger partial charge in [-0.2, -0.15) is 0 Å². The van der Waals surface area contributed by atoms with Crippen LogP contribution in [0.4, 0.5) is 0 Å². The molecule has 1 fully saturated rings. The monoisotopic (exact) mass is 472 g/mol. The molecule has 3 N–H and O–H groups in total. The average Bonchev–Trinajstić information content (AvgIpc) is 3.32. The molecule has 0 saturated carbocycles. The first-order valence-electron chi connectivity index (χ1n) is 10.9. The number of Topliss-reactive ketones (excluding diaryl/α,β-unsaturated/α-hetero) is 1. The van der Waals surface area contributed by atoms with Gasteiger partial charge in [0.1, 0.15) is 47.1 Å². The summed E-state index contributed by atoms with van der Waals surface area (Å²) >= 11 is 0. The lowest BCUT2D eigenvalue weighted by Crippen LogP contribution is -2.60. The van der Waals surface area contributed by atoms with E-state index in [1.165, 1.54) is 14.2 Å². The molecule has 2 aromatic carbocycles. The van der Waals surface area contributed by atoms with Gasteiger partial charge in [-0.25, -0.2) is 0 Å². The minimum Gasteiger partial charge on any atom is -0.496 e. The predicted molar refractivity (Wildman–Crippen MR) is 121 cm³/mol. The number of benzene rings is 2. The molecule has 1 aliphatic rings. The van der Waals surface area contributed by atoms with Crippen molar-refractivity contribution in [1.82, 2.24) is 0 Å². The number of methoxy groups -OCH3 is 2. The Morgan fingerprint density at radius 1 is 1.00 bits per heavy atom. The van der Waals surface area contributed by atoms with Gasteiger partial charge in [-0.05, 0) is 42.3 Å². The van der Waals surface area contributed by atoms with Crippen LogP contribution in [0.3, 0.4) is 0 Å². The Labute approximate surface area is 196 Å². The van der Waals surface area contributed by atoms with E-state index in [1.807, 2.05) is 24.3 Å². The van der Waals surface area contributed by atoms with Gasteiger partial charge in [0.05, 0.1) is 20.0 Å². The number of furan rings is 1. The lowest BCUT2D eigenvalue weighted by Gasteiger charge is -2.40. The fourth-order valence-electron chi connectivity index (χ4n) is 4.05. The summed E-state index contributed by atoms with van der Waals surface area (Å²) in [5, 5.41) is 31.7. The van der Waals surface area contributed by atoms with Crippen molar-refractivity contribution in [3.05, 3.63) is 59.9 Å². The second-order valence-corrected chi connectivity index (χ2v) is 8.14. The standard InChI is InChI=1S/C25H28O9/c1-30-13-20-22(27)23(28)24(29)25(34-20)33-19-5-3-4-18(31-2)21(19)16(26)8-6-14-7-9-17-15(12-14)10-11-32-17/h3-5,7,9-12,20,22-25,27-29H,6,8,13H2,1-2H3. The van der Waals surface area contributed by atoms with Crippen LogP contribution in [-0.4, -0.2) is 72.6 Å². The number of hydrogen-bond acceptors (Lipinski definition) is 9. The van der Waals surface area contributed by atoms with Crippen molar-refractivity contribution in [2.75, 3.05) is 20.8 Å². The van der Waals surface area contributed by atoms with Crippen LogP contribution in [0.2, 0.25) is 0 Å². The van der Waals surface area contributed by atoms with Crippen molar-refractivity contribution < 1.29 is 43.5 Å². The number of aliphatic hydroxyl groups is 3. The fourth-order valence-corrected chi connectivity index (χ4v) is 4.05. The van der Waals surface area contributed by atoms with Gasteiger partial charge >= 0.3 is 0 Å². The zero-order valence-electron chi connectivity index (χ0n) is 18.9. The summed E-state index contributed by atoms with van der Waals surface area (Å²) in [6, 6.07) is 12.5. The first-order chi connectivity index (χ1) is 16.4. The number of carbonyl (C=O) groups is 1. The number of ketones is 1. The average molecular weight is 472 g/mol. The smallest absolute Gasteiger partial charge is 0.229 e. The highest BCUT2D eigenvalue weighted by molar-refractivity contribution is 6.01. The molecule has 5 atom stereocenters. The van der Waals surface area contributed by atoms with Crippen molar-refractivity contribution in [2.24, 2.45) is 0 Å². The highest BCUT2D eigenvalue weighted by Crippen LogP contribution is 2.33. The Morgan fingerprint density at radius 2 is 1.79 bits per heavy atom. The van der Waals surface area contributed by atoms with Crippen LogP contribution in [0.15, 0.2) is 53.1 Å².